The molecule has 1 saturated heterocycles. The van der Waals surface area contributed by atoms with Crippen molar-refractivity contribution in [2.75, 3.05) is 38.2 Å². The fourth-order valence-electron chi connectivity index (χ4n) is 5.46. The monoisotopic (exact) mass is 549 g/mol. The minimum Gasteiger partial charge on any atom is -0.464 e. The number of piperazine rings is 1. The van der Waals surface area contributed by atoms with Crippen LogP contribution in [0.15, 0.2) is 46.6 Å². The third-order valence-corrected chi connectivity index (χ3v) is 7.78. The molecule has 1 fully saturated rings. The number of halogens is 1. The van der Waals surface area contributed by atoms with Crippen molar-refractivity contribution in [2.45, 2.75) is 66.3 Å². The molecule has 9 heteroatoms. The number of fused-ring (bicyclic) bond motifs is 1. The largest absolute Gasteiger partial charge is 0.464 e. The van der Waals surface area contributed by atoms with Crippen molar-refractivity contribution in [1.82, 2.24) is 14.8 Å². The van der Waals surface area contributed by atoms with Gasteiger partial charge in [-0.2, -0.15) is 0 Å². The van der Waals surface area contributed by atoms with Crippen molar-refractivity contribution in [3.63, 3.8) is 0 Å². The average molecular weight is 550 g/mol. The number of hydrogen-bond acceptors (Lipinski definition) is 6. The van der Waals surface area contributed by atoms with Gasteiger partial charge in [0.1, 0.15) is 23.0 Å². The van der Waals surface area contributed by atoms with Gasteiger partial charge in [0.25, 0.3) is 5.91 Å². The third kappa shape index (κ3) is 5.46. The van der Waals surface area contributed by atoms with Crippen LogP contribution in [-0.2, 0) is 14.9 Å². The number of methoxy groups -OCH3 is 1. The molecule has 0 radical (unpaired) electrons. The summed E-state index contributed by atoms with van der Waals surface area (Å²) in [5.41, 5.74) is 3.73. The van der Waals surface area contributed by atoms with Crippen molar-refractivity contribution in [2.24, 2.45) is 4.99 Å². The third-order valence-electron chi connectivity index (χ3n) is 7.78. The van der Waals surface area contributed by atoms with E-state index in [9.17, 15) is 14.0 Å². The van der Waals surface area contributed by atoms with Gasteiger partial charge in [0.15, 0.2) is 0 Å². The van der Waals surface area contributed by atoms with Gasteiger partial charge in [0.2, 0.25) is 0 Å². The highest BCUT2D eigenvalue weighted by Gasteiger charge is 2.41. The molecule has 4 rings (SSSR count). The first-order chi connectivity index (χ1) is 18.7. The Hall–Kier alpha value is -3.75. The van der Waals surface area contributed by atoms with Crippen molar-refractivity contribution in [1.29, 1.82) is 0 Å². The molecule has 0 unspecified atom stereocenters. The molecule has 0 saturated carbocycles. The SMILES string of the molecule is COC(=O)C(/N=C(\C)N1CCN(C(=O)c2ccc3c(n2)C(C)(C)CN3c2ccc(C)c(F)c2)C(C)(C)C1)=C(C)C. The number of amidine groups is 1. The van der Waals surface area contributed by atoms with Crippen molar-refractivity contribution in [3.8, 4) is 0 Å². The predicted molar refractivity (Wildman–Crippen MR) is 156 cm³/mol. The summed E-state index contributed by atoms with van der Waals surface area (Å²) < 4.78 is 19.2. The summed E-state index contributed by atoms with van der Waals surface area (Å²) in [6.07, 6.45) is 0. The molecule has 0 atom stereocenters. The van der Waals surface area contributed by atoms with Crippen LogP contribution in [-0.4, -0.2) is 71.3 Å². The number of nitrogens with zero attached hydrogens (tertiary/aromatic N) is 5. The van der Waals surface area contributed by atoms with Gasteiger partial charge >= 0.3 is 5.97 Å². The number of aryl methyl sites for hydroxylation is 1. The molecule has 3 heterocycles. The van der Waals surface area contributed by atoms with Crippen molar-refractivity contribution < 1.29 is 18.7 Å². The maximum absolute atomic E-state index is 14.4. The molecule has 1 aromatic heterocycles. The Bertz CT molecular complexity index is 1410. The van der Waals surface area contributed by atoms with E-state index in [-0.39, 0.29) is 17.1 Å². The Morgan fingerprint density at radius 2 is 1.73 bits per heavy atom. The highest BCUT2D eigenvalue weighted by Crippen LogP contribution is 2.43. The van der Waals surface area contributed by atoms with E-state index in [1.165, 1.54) is 7.11 Å². The van der Waals surface area contributed by atoms with Crippen LogP contribution in [0.5, 0.6) is 0 Å². The Morgan fingerprint density at radius 1 is 1.02 bits per heavy atom. The number of pyridine rings is 1. The first-order valence-corrected chi connectivity index (χ1v) is 13.6. The Balaban J connectivity index is 1.57. The summed E-state index contributed by atoms with van der Waals surface area (Å²) >= 11 is 0. The van der Waals surface area contributed by atoms with E-state index in [1.807, 2.05) is 51.7 Å². The number of esters is 1. The molecule has 2 aliphatic heterocycles. The minimum atomic E-state index is -0.510. The van der Waals surface area contributed by atoms with E-state index in [4.69, 9.17) is 9.72 Å². The van der Waals surface area contributed by atoms with Gasteiger partial charge in [0, 0.05) is 37.3 Å². The number of carbonyl (C=O) groups excluding carboxylic acids is 2. The second kappa shape index (κ2) is 10.7. The van der Waals surface area contributed by atoms with Crippen LogP contribution in [0.25, 0.3) is 0 Å². The second-order valence-electron chi connectivity index (χ2n) is 12.2. The van der Waals surface area contributed by atoms with Crippen molar-refractivity contribution in [3.05, 3.63) is 64.4 Å². The molecule has 8 nitrogen and oxygen atoms in total. The summed E-state index contributed by atoms with van der Waals surface area (Å²) in [5, 5.41) is 0. The smallest absolute Gasteiger partial charge is 0.356 e. The molecular formula is C31H40FN5O3. The summed E-state index contributed by atoms with van der Waals surface area (Å²) in [4.78, 5) is 41.5. The van der Waals surface area contributed by atoms with Gasteiger partial charge < -0.3 is 19.4 Å². The Kier molecular flexibility index (Phi) is 7.80. The lowest BCUT2D eigenvalue weighted by atomic mass is 9.91. The molecule has 0 spiro atoms. The van der Waals surface area contributed by atoms with Gasteiger partial charge in [-0.05, 0) is 76.9 Å². The minimum absolute atomic E-state index is 0.128. The van der Waals surface area contributed by atoms with E-state index in [0.29, 0.717) is 49.0 Å². The van der Waals surface area contributed by atoms with Crippen LogP contribution in [0.1, 0.15) is 70.2 Å². The number of amides is 1. The number of anilines is 2. The molecule has 0 N–H and O–H groups in total. The maximum atomic E-state index is 14.4. The first kappa shape index (κ1) is 29.2. The van der Waals surface area contributed by atoms with Gasteiger partial charge in [0.05, 0.1) is 24.0 Å². The van der Waals surface area contributed by atoms with Gasteiger partial charge in [-0.3, -0.25) is 4.79 Å². The number of aromatic nitrogens is 1. The quantitative estimate of drug-likeness (QED) is 0.221. The van der Waals surface area contributed by atoms with E-state index >= 15 is 0 Å². The number of rotatable bonds is 4. The fourth-order valence-corrected chi connectivity index (χ4v) is 5.46. The molecule has 1 aromatic carbocycles. The standard InChI is InChI=1S/C31H40FN5O3/c1-19(2)26(29(39)40-9)33-21(4)35-14-15-37(31(7,8)18-35)28(38)24-12-13-25-27(34-24)30(5,6)17-36(25)22-11-10-20(3)23(32)16-22/h10-13,16H,14-15,17-18H2,1-9H3/b33-21+. The number of allylic oxidation sites excluding steroid dienone is 1. The molecule has 40 heavy (non-hydrogen) atoms. The zero-order chi connectivity index (χ0) is 29.6. The first-order valence-electron chi connectivity index (χ1n) is 13.6. The van der Waals surface area contributed by atoms with Crippen LogP contribution in [0.3, 0.4) is 0 Å². The van der Waals surface area contributed by atoms with Gasteiger partial charge in [-0.1, -0.05) is 19.9 Å². The number of benzene rings is 1. The van der Waals surface area contributed by atoms with E-state index < -0.39 is 11.5 Å². The highest BCUT2D eigenvalue weighted by molar-refractivity contribution is 5.95. The summed E-state index contributed by atoms with van der Waals surface area (Å²) in [7, 11) is 1.34. The van der Waals surface area contributed by atoms with E-state index in [2.05, 4.69) is 28.6 Å². The van der Waals surface area contributed by atoms with E-state index in [0.717, 1.165) is 22.6 Å². The Morgan fingerprint density at radius 3 is 2.33 bits per heavy atom. The number of hydrogen-bond donors (Lipinski definition) is 0. The fraction of sp³-hybridized carbons (Fsp3) is 0.484. The second-order valence-corrected chi connectivity index (χ2v) is 12.2. The zero-order valence-corrected chi connectivity index (χ0v) is 25.1. The zero-order valence-electron chi connectivity index (χ0n) is 25.1. The molecule has 2 aliphatic rings. The summed E-state index contributed by atoms with van der Waals surface area (Å²) in [6, 6.07) is 8.95. The molecular weight excluding hydrogens is 509 g/mol. The van der Waals surface area contributed by atoms with Gasteiger partial charge in [-0.15, -0.1) is 0 Å². The van der Waals surface area contributed by atoms with Crippen LogP contribution in [0, 0.1) is 12.7 Å². The van der Waals surface area contributed by atoms with Gasteiger partial charge in [-0.25, -0.2) is 19.2 Å². The summed E-state index contributed by atoms with van der Waals surface area (Å²) in [5.74, 6) is -0.138. The number of aliphatic imine (C=N–C) groups is 1. The van der Waals surface area contributed by atoms with Crippen LogP contribution >= 0.6 is 0 Å². The number of carbonyl (C=O) groups is 2. The van der Waals surface area contributed by atoms with E-state index in [1.54, 1.807) is 25.1 Å². The molecule has 1 amide bonds. The average Bonchev–Trinajstić information content (AvgIpc) is 3.17. The molecule has 0 aliphatic carbocycles. The lowest BCUT2D eigenvalue weighted by Gasteiger charge is -2.47. The molecule has 214 valence electrons. The van der Waals surface area contributed by atoms with Crippen LogP contribution in [0.2, 0.25) is 0 Å². The lowest BCUT2D eigenvalue weighted by Crippen LogP contribution is -2.62. The van der Waals surface area contributed by atoms with Crippen LogP contribution < -0.4 is 4.90 Å². The lowest BCUT2D eigenvalue weighted by molar-refractivity contribution is -0.136. The Labute approximate surface area is 236 Å². The normalized spacial score (nSPS) is 17.9. The molecule has 2 aromatic rings. The maximum Gasteiger partial charge on any atom is 0.356 e. The number of ether oxygens (including phenoxy) is 1. The summed E-state index contributed by atoms with van der Waals surface area (Å²) in [6.45, 7) is 17.8. The van der Waals surface area contributed by atoms with Crippen LogP contribution in [0.4, 0.5) is 15.8 Å². The predicted octanol–water partition coefficient (Wildman–Crippen LogP) is 5.38. The van der Waals surface area contributed by atoms with Crippen molar-refractivity contribution >= 4 is 29.1 Å². The topological polar surface area (TPSA) is 78.3 Å². The molecule has 0 bridgehead atoms. The highest BCUT2D eigenvalue weighted by atomic mass is 19.1.